The first-order chi connectivity index (χ1) is 14.8. The third-order valence-corrected chi connectivity index (χ3v) is 3.92. The molecule has 0 aliphatic carbocycles. The minimum absolute atomic E-state index is 0.116. The van der Waals surface area contributed by atoms with Crippen molar-refractivity contribution < 1.29 is 23.8 Å². The van der Waals surface area contributed by atoms with Crippen molar-refractivity contribution in [1.29, 1.82) is 0 Å². The van der Waals surface area contributed by atoms with Gasteiger partial charge in [-0.15, -0.1) is 0 Å². The Morgan fingerprint density at radius 1 is 1.00 bits per heavy atom. The first-order valence-electron chi connectivity index (χ1n) is 8.63. The molecule has 0 aliphatic rings. The van der Waals surface area contributed by atoms with Crippen LogP contribution in [0.25, 0.3) is 0 Å². The van der Waals surface area contributed by atoms with E-state index in [0.29, 0.717) is 5.56 Å². The predicted molar refractivity (Wildman–Crippen MR) is 108 cm³/mol. The highest BCUT2D eigenvalue weighted by Gasteiger charge is 2.21. The van der Waals surface area contributed by atoms with Crippen molar-refractivity contribution in [1.82, 2.24) is 5.43 Å². The lowest BCUT2D eigenvalue weighted by Crippen LogP contribution is -2.17. The third-order valence-electron chi connectivity index (χ3n) is 3.92. The van der Waals surface area contributed by atoms with Gasteiger partial charge in [-0.05, 0) is 54.1 Å². The van der Waals surface area contributed by atoms with Gasteiger partial charge in [-0.25, -0.2) is 9.82 Å². The smallest absolute Gasteiger partial charge is 0.318 e. The summed E-state index contributed by atoms with van der Waals surface area (Å²) in [6, 6.07) is 14.4. The summed E-state index contributed by atoms with van der Waals surface area (Å²) >= 11 is 0. The number of rotatable bonds is 7. The largest absolute Gasteiger partial charge is 0.450 e. The fraction of sp³-hybridized carbons (Fsp3) is 0. The number of hydrogen-bond acceptors (Lipinski definition) is 7. The number of nitro benzene ring substituents is 2. The number of carbonyl (C=O) groups excluding carboxylic acids is 1. The molecule has 0 spiro atoms. The quantitative estimate of drug-likeness (QED) is 0.343. The van der Waals surface area contributed by atoms with Gasteiger partial charge in [-0.1, -0.05) is 6.07 Å². The number of halogens is 1. The first-order valence-corrected chi connectivity index (χ1v) is 8.63. The monoisotopic (exact) mass is 424 g/mol. The number of ether oxygens (including phenoxy) is 1. The molecule has 0 bridgehead atoms. The van der Waals surface area contributed by atoms with E-state index >= 15 is 0 Å². The Kier molecular flexibility index (Phi) is 6.26. The molecule has 3 aromatic rings. The number of nitrogens with zero attached hydrogens (tertiary/aromatic N) is 3. The molecule has 1 amide bonds. The molecule has 0 atom stereocenters. The van der Waals surface area contributed by atoms with Gasteiger partial charge in [0.1, 0.15) is 11.6 Å². The van der Waals surface area contributed by atoms with Crippen LogP contribution in [0.2, 0.25) is 0 Å². The van der Waals surface area contributed by atoms with E-state index < -0.39 is 32.9 Å². The van der Waals surface area contributed by atoms with Gasteiger partial charge in [0.2, 0.25) is 5.75 Å². The summed E-state index contributed by atoms with van der Waals surface area (Å²) in [5.74, 6) is -1.03. The van der Waals surface area contributed by atoms with Crippen molar-refractivity contribution >= 4 is 23.5 Å². The van der Waals surface area contributed by atoms with Crippen LogP contribution >= 0.6 is 0 Å². The highest BCUT2D eigenvalue weighted by Crippen LogP contribution is 2.34. The van der Waals surface area contributed by atoms with Gasteiger partial charge in [-0.2, -0.15) is 5.10 Å². The Bertz CT molecular complexity index is 1180. The van der Waals surface area contributed by atoms with Crippen molar-refractivity contribution in [3.8, 4) is 11.5 Å². The van der Waals surface area contributed by atoms with Gasteiger partial charge in [-0.3, -0.25) is 25.0 Å². The van der Waals surface area contributed by atoms with E-state index in [1.54, 1.807) is 12.1 Å². The SMILES string of the molecule is O=C(N/N=C\c1ccc(Oc2ccc([N+](=O)[O-])cc2[N+](=O)[O-])cc1)c1cccc(F)c1. The first kappa shape index (κ1) is 21.0. The molecule has 3 rings (SSSR count). The summed E-state index contributed by atoms with van der Waals surface area (Å²) < 4.78 is 18.6. The van der Waals surface area contributed by atoms with E-state index in [1.165, 1.54) is 36.5 Å². The molecule has 1 N–H and O–H groups in total. The fourth-order valence-corrected chi connectivity index (χ4v) is 2.46. The maximum atomic E-state index is 13.1. The molecule has 0 saturated heterocycles. The highest BCUT2D eigenvalue weighted by atomic mass is 19.1. The summed E-state index contributed by atoms with van der Waals surface area (Å²) in [7, 11) is 0. The Morgan fingerprint density at radius 3 is 2.39 bits per heavy atom. The molecule has 0 aromatic heterocycles. The number of nitro groups is 2. The lowest BCUT2D eigenvalue weighted by atomic mass is 10.2. The average molecular weight is 424 g/mol. The van der Waals surface area contributed by atoms with Crippen molar-refractivity contribution in [2.75, 3.05) is 0 Å². The minimum atomic E-state index is -0.773. The van der Waals surface area contributed by atoms with Crippen molar-refractivity contribution in [3.05, 3.63) is 104 Å². The second-order valence-electron chi connectivity index (χ2n) is 6.05. The lowest BCUT2D eigenvalue weighted by Gasteiger charge is -2.06. The molecule has 0 fully saturated rings. The number of benzene rings is 3. The molecule has 0 radical (unpaired) electrons. The second kappa shape index (κ2) is 9.22. The molecule has 3 aromatic carbocycles. The Hall–Kier alpha value is -4.67. The minimum Gasteiger partial charge on any atom is -0.450 e. The standard InChI is InChI=1S/C20H13FN4O6/c21-15-3-1-2-14(10-15)20(26)23-22-12-13-4-7-17(8-5-13)31-19-9-6-16(24(27)28)11-18(19)25(29)30/h1-12H,(H,23,26)/b22-12-. The average Bonchev–Trinajstić information content (AvgIpc) is 2.75. The second-order valence-corrected chi connectivity index (χ2v) is 6.05. The Morgan fingerprint density at radius 2 is 1.74 bits per heavy atom. The zero-order chi connectivity index (χ0) is 22.4. The summed E-state index contributed by atoms with van der Waals surface area (Å²) in [6.07, 6.45) is 1.34. The van der Waals surface area contributed by atoms with E-state index in [1.807, 2.05) is 0 Å². The van der Waals surface area contributed by atoms with Crippen LogP contribution in [0, 0.1) is 26.0 Å². The molecular weight excluding hydrogens is 411 g/mol. The molecule has 10 nitrogen and oxygen atoms in total. The van der Waals surface area contributed by atoms with Gasteiger partial charge in [0.05, 0.1) is 22.1 Å². The molecule has 11 heteroatoms. The molecule has 0 saturated carbocycles. The number of carbonyl (C=O) groups is 1. The Balaban J connectivity index is 1.67. The van der Waals surface area contributed by atoms with Crippen molar-refractivity contribution in [3.63, 3.8) is 0 Å². The van der Waals surface area contributed by atoms with Gasteiger partial charge in [0.25, 0.3) is 11.6 Å². The molecule has 0 aliphatic heterocycles. The maximum absolute atomic E-state index is 13.1. The number of hydrogen-bond donors (Lipinski definition) is 1. The summed E-state index contributed by atoms with van der Waals surface area (Å²) in [4.78, 5) is 32.3. The third kappa shape index (κ3) is 5.44. The van der Waals surface area contributed by atoms with Crippen molar-refractivity contribution in [2.24, 2.45) is 5.10 Å². The molecule has 0 heterocycles. The van der Waals surface area contributed by atoms with Crippen LogP contribution < -0.4 is 10.2 Å². The van der Waals surface area contributed by atoms with E-state index in [4.69, 9.17) is 4.74 Å². The molecular formula is C20H13FN4O6. The van der Waals surface area contributed by atoms with Crippen LogP contribution in [-0.2, 0) is 0 Å². The van der Waals surface area contributed by atoms with Crippen LogP contribution in [0.1, 0.15) is 15.9 Å². The van der Waals surface area contributed by atoms with E-state index in [9.17, 15) is 29.4 Å². The summed E-state index contributed by atoms with van der Waals surface area (Å²) in [6.45, 7) is 0. The number of amides is 1. The lowest BCUT2D eigenvalue weighted by molar-refractivity contribution is -0.394. The van der Waals surface area contributed by atoms with Crippen LogP contribution in [0.15, 0.2) is 71.8 Å². The van der Waals surface area contributed by atoms with Crippen LogP contribution in [0.4, 0.5) is 15.8 Å². The van der Waals surface area contributed by atoms with Gasteiger partial charge < -0.3 is 4.74 Å². The predicted octanol–water partition coefficient (Wildman–Crippen LogP) is 4.20. The van der Waals surface area contributed by atoms with Crippen LogP contribution in [-0.4, -0.2) is 22.0 Å². The molecule has 0 unspecified atom stereocenters. The van der Waals surface area contributed by atoms with E-state index in [-0.39, 0.29) is 17.1 Å². The fourth-order valence-electron chi connectivity index (χ4n) is 2.46. The molecule has 156 valence electrons. The van der Waals surface area contributed by atoms with Crippen LogP contribution in [0.5, 0.6) is 11.5 Å². The van der Waals surface area contributed by atoms with E-state index in [0.717, 1.165) is 24.3 Å². The van der Waals surface area contributed by atoms with Gasteiger partial charge in [0, 0.05) is 11.6 Å². The number of nitrogens with one attached hydrogen (secondary N) is 1. The maximum Gasteiger partial charge on any atom is 0.318 e. The number of hydrazone groups is 1. The Labute approximate surface area is 173 Å². The number of non-ortho nitro benzene ring substituents is 1. The zero-order valence-electron chi connectivity index (χ0n) is 15.6. The van der Waals surface area contributed by atoms with Crippen molar-refractivity contribution in [2.45, 2.75) is 0 Å². The summed E-state index contributed by atoms with van der Waals surface area (Å²) in [5.41, 5.74) is 1.99. The van der Waals surface area contributed by atoms with Gasteiger partial charge in [0.15, 0.2) is 0 Å². The molecule has 31 heavy (non-hydrogen) atoms. The van der Waals surface area contributed by atoms with Gasteiger partial charge >= 0.3 is 5.69 Å². The van der Waals surface area contributed by atoms with E-state index in [2.05, 4.69) is 10.5 Å². The van der Waals surface area contributed by atoms with Crippen LogP contribution in [0.3, 0.4) is 0 Å². The summed E-state index contributed by atoms with van der Waals surface area (Å²) in [5, 5.41) is 25.7. The highest BCUT2D eigenvalue weighted by molar-refractivity contribution is 5.94. The normalized spacial score (nSPS) is 10.6. The zero-order valence-corrected chi connectivity index (χ0v) is 15.6. The topological polar surface area (TPSA) is 137 Å².